The third-order valence-electron chi connectivity index (χ3n) is 5.08. The fourth-order valence-corrected chi connectivity index (χ4v) is 3.46. The molecule has 1 aliphatic rings. The summed E-state index contributed by atoms with van der Waals surface area (Å²) in [6.07, 6.45) is 3.33. The average molecular weight is 348 g/mol. The first-order valence-electron chi connectivity index (χ1n) is 8.74. The van der Waals surface area contributed by atoms with E-state index in [0.29, 0.717) is 5.71 Å². The van der Waals surface area contributed by atoms with Gasteiger partial charge >= 0.3 is 0 Å². The molecule has 0 saturated carbocycles. The molecule has 5 nitrogen and oxygen atoms in total. The maximum atomic E-state index is 12.2. The highest BCUT2D eigenvalue weighted by Crippen LogP contribution is 2.26. The molecule has 0 radical (unpaired) electrons. The summed E-state index contributed by atoms with van der Waals surface area (Å²) in [6.45, 7) is 4.98. The minimum Gasteiger partial charge on any atom is -0.352 e. The zero-order chi connectivity index (χ0) is 18.7. The zero-order valence-corrected chi connectivity index (χ0v) is 15.5. The lowest BCUT2D eigenvalue weighted by molar-refractivity contribution is 0.0945. The molecule has 0 atom stereocenters. The lowest BCUT2D eigenvalue weighted by atomic mass is 9.87. The second kappa shape index (κ2) is 7.52. The van der Waals surface area contributed by atoms with Gasteiger partial charge in [-0.15, -0.1) is 0 Å². The Labute approximate surface area is 154 Å². The molecule has 3 rings (SSSR count). The maximum Gasteiger partial charge on any atom is 0.251 e. The molecule has 134 valence electrons. The van der Waals surface area contributed by atoms with E-state index in [4.69, 9.17) is 5.84 Å². The van der Waals surface area contributed by atoms with E-state index in [0.717, 1.165) is 30.5 Å². The first-order chi connectivity index (χ1) is 12.5. The number of hydrogen-bond acceptors (Lipinski definition) is 4. The van der Waals surface area contributed by atoms with E-state index in [9.17, 15) is 4.79 Å². The number of aliphatic imine (C=N–C) groups is 1. The number of nitrogens with zero attached hydrogens (tertiary/aromatic N) is 2. The molecule has 0 spiro atoms. The van der Waals surface area contributed by atoms with E-state index < -0.39 is 0 Å². The van der Waals surface area contributed by atoms with Crippen molar-refractivity contribution in [3.8, 4) is 0 Å². The molecule has 0 bridgehead atoms. The van der Waals surface area contributed by atoms with Crippen LogP contribution in [-0.4, -0.2) is 31.4 Å². The van der Waals surface area contributed by atoms with Gasteiger partial charge in [-0.2, -0.15) is 5.10 Å². The van der Waals surface area contributed by atoms with Crippen molar-refractivity contribution >= 4 is 17.8 Å². The highest BCUT2D eigenvalue weighted by atomic mass is 16.1. The van der Waals surface area contributed by atoms with E-state index in [2.05, 4.69) is 47.5 Å². The number of hydrazone groups is 1. The van der Waals surface area contributed by atoms with Gasteiger partial charge < -0.3 is 11.2 Å². The van der Waals surface area contributed by atoms with Crippen molar-refractivity contribution in [2.24, 2.45) is 15.9 Å². The van der Waals surface area contributed by atoms with Crippen molar-refractivity contribution in [2.75, 3.05) is 13.6 Å². The number of carbonyl (C=O) groups is 1. The highest BCUT2D eigenvalue weighted by molar-refractivity contribution is 6.38. The Hall–Kier alpha value is -2.95. The summed E-state index contributed by atoms with van der Waals surface area (Å²) in [5.74, 6) is 5.46. The summed E-state index contributed by atoms with van der Waals surface area (Å²) in [6, 6.07) is 10.2. The predicted octanol–water partition coefficient (Wildman–Crippen LogP) is 2.54. The van der Waals surface area contributed by atoms with Gasteiger partial charge in [0.25, 0.3) is 5.91 Å². The number of hydrogen-bond donors (Lipinski definition) is 2. The lowest BCUT2D eigenvalue weighted by Gasteiger charge is -2.22. The third kappa shape index (κ3) is 3.38. The smallest absolute Gasteiger partial charge is 0.251 e. The number of nitrogens with one attached hydrogen (secondary N) is 1. The number of carbonyl (C=O) groups excluding carboxylic acids is 1. The van der Waals surface area contributed by atoms with E-state index in [1.54, 1.807) is 13.3 Å². The molecular weight excluding hydrogens is 324 g/mol. The van der Waals surface area contributed by atoms with Crippen LogP contribution in [0.25, 0.3) is 0 Å². The highest BCUT2D eigenvalue weighted by Gasteiger charge is 2.21. The summed E-state index contributed by atoms with van der Waals surface area (Å²) in [5, 5.41) is 6.70. The van der Waals surface area contributed by atoms with Crippen molar-refractivity contribution in [3.05, 3.63) is 69.3 Å². The largest absolute Gasteiger partial charge is 0.352 e. The Kier molecular flexibility index (Phi) is 5.16. The lowest BCUT2D eigenvalue weighted by Crippen LogP contribution is -2.32. The minimum atomic E-state index is 0.0357. The van der Waals surface area contributed by atoms with Crippen molar-refractivity contribution in [1.29, 1.82) is 0 Å². The summed E-state index contributed by atoms with van der Waals surface area (Å²) < 4.78 is 0. The Morgan fingerprint density at radius 3 is 2.62 bits per heavy atom. The van der Waals surface area contributed by atoms with Gasteiger partial charge in [-0.05, 0) is 60.6 Å². The maximum absolute atomic E-state index is 12.2. The van der Waals surface area contributed by atoms with Crippen molar-refractivity contribution in [3.63, 3.8) is 0 Å². The van der Waals surface area contributed by atoms with Gasteiger partial charge in [0.05, 0.1) is 0 Å². The number of amides is 1. The van der Waals surface area contributed by atoms with E-state index >= 15 is 0 Å². The van der Waals surface area contributed by atoms with Gasteiger partial charge in [0, 0.05) is 30.9 Å². The van der Waals surface area contributed by atoms with Crippen LogP contribution in [0.1, 0.15) is 43.7 Å². The number of nitrogens with two attached hydrogens (primary N) is 1. The van der Waals surface area contributed by atoms with Crippen molar-refractivity contribution in [2.45, 2.75) is 26.7 Å². The molecule has 1 heterocycles. The van der Waals surface area contributed by atoms with Crippen LogP contribution in [0.3, 0.4) is 0 Å². The normalized spacial score (nSPS) is 14.4. The van der Waals surface area contributed by atoms with Crippen LogP contribution in [0, 0.1) is 13.8 Å². The quantitative estimate of drug-likeness (QED) is 0.506. The fraction of sp³-hybridized carbons (Fsp3) is 0.286. The topological polar surface area (TPSA) is 79.8 Å². The van der Waals surface area contributed by atoms with Gasteiger partial charge in [0.15, 0.2) is 0 Å². The van der Waals surface area contributed by atoms with Gasteiger partial charge in [0.2, 0.25) is 0 Å². The zero-order valence-electron chi connectivity index (χ0n) is 15.5. The first-order valence-corrected chi connectivity index (χ1v) is 8.74. The van der Waals surface area contributed by atoms with E-state index in [1.165, 1.54) is 27.8 Å². The van der Waals surface area contributed by atoms with Crippen molar-refractivity contribution in [1.82, 2.24) is 5.32 Å². The summed E-state index contributed by atoms with van der Waals surface area (Å²) in [4.78, 5) is 16.2. The molecule has 1 aliphatic heterocycles. The molecule has 0 aromatic heterocycles. The Morgan fingerprint density at radius 2 is 1.96 bits per heavy atom. The Morgan fingerprint density at radius 1 is 1.23 bits per heavy atom. The molecule has 0 aliphatic carbocycles. The van der Waals surface area contributed by atoms with Crippen LogP contribution < -0.4 is 11.2 Å². The molecule has 5 heteroatoms. The molecule has 0 fully saturated rings. The Balaban J connectivity index is 1.91. The molecule has 26 heavy (non-hydrogen) atoms. The SMILES string of the molecule is CN=C/C(=N\N)c1ccc(Cc2cc3c(c(C)c2C)CCNC3=O)cc1. The van der Waals surface area contributed by atoms with Crippen LogP contribution in [0.5, 0.6) is 0 Å². The summed E-state index contributed by atoms with van der Waals surface area (Å²) in [7, 11) is 1.69. The predicted molar refractivity (Wildman–Crippen MR) is 106 cm³/mol. The molecule has 0 unspecified atom stereocenters. The minimum absolute atomic E-state index is 0.0357. The van der Waals surface area contributed by atoms with Crippen LogP contribution in [0.4, 0.5) is 0 Å². The van der Waals surface area contributed by atoms with Crippen molar-refractivity contribution < 1.29 is 4.79 Å². The fourth-order valence-electron chi connectivity index (χ4n) is 3.46. The molecule has 2 aromatic rings. The summed E-state index contributed by atoms with van der Waals surface area (Å²) >= 11 is 0. The third-order valence-corrected chi connectivity index (χ3v) is 5.08. The monoisotopic (exact) mass is 348 g/mol. The van der Waals surface area contributed by atoms with Crippen LogP contribution in [0.2, 0.25) is 0 Å². The molecule has 3 N–H and O–H groups in total. The molecule has 1 amide bonds. The number of rotatable bonds is 4. The number of fused-ring (bicyclic) bond motifs is 1. The molecule has 2 aromatic carbocycles. The van der Waals surface area contributed by atoms with Crippen LogP contribution in [-0.2, 0) is 12.8 Å². The van der Waals surface area contributed by atoms with Gasteiger partial charge in [-0.3, -0.25) is 9.79 Å². The molecule has 0 saturated heterocycles. The standard InChI is InChI=1S/C21H24N4O/c1-13-14(2)18-8-9-24-21(26)19(18)11-17(13)10-15-4-6-16(7-5-15)20(25-22)12-23-3/h4-7,11-12H,8-10,22H2,1-3H3,(H,24,26)/b23-12?,25-20+. The second-order valence-electron chi connectivity index (χ2n) is 6.59. The van der Waals surface area contributed by atoms with Gasteiger partial charge in [0.1, 0.15) is 5.71 Å². The first kappa shape index (κ1) is 17.9. The Bertz CT molecular complexity index is 895. The van der Waals surface area contributed by atoms with Crippen LogP contribution in [0.15, 0.2) is 40.4 Å². The van der Waals surface area contributed by atoms with Gasteiger partial charge in [-0.25, -0.2) is 0 Å². The van der Waals surface area contributed by atoms with E-state index in [1.807, 2.05) is 12.1 Å². The average Bonchev–Trinajstić information content (AvgIpc) is 2.65. The van der Waals surface area contributed by atoms with Gasteiger partial charge in [-0.1, -0.05) is 24.3 Å². The van der Waals surface area contributed by atoms with E-state index in [-0.39, 0.29) is 5.91 Å². The number of benzene rings is 2. The molecular formula is C21H24N4O. The second-order valence-corrected chi connectivity index (χ2v) is 6.59. The van der Waals surface area contributed by atoms with Crippen LogP contribution >= 0.6 is 0 Å². The summed E-state index contributed by atoms with van der Waals surface area (Å²) in [5.41, 5.74) is 8.46.